The number of ether oxygens (including phenoxy) is 1. The molecule has 3 rings (SSSR count). The molecule has 0 amide bonds. The van der Waals surface area contributed by atoms with E-state index in [1.165, 1.54) is 6.92 Å². The SMILES string of the molecule is CC(=O)Oc1c(Cc2ccccc2)c(C(=O)O)cc2ccccc12. The molecule has 0 unspecified atom stereocenters. The predicted molar refractivity (Wildman–Crippen MR) is 91.5 cm³/mol. The van der Waals surface area contributed by atoms with Gasteiger partial charge in [0.1, 0.15) is 5.75 Å². The molecular weight excluding hydrogens is 304 g/mol. The summed E-state index contributed by atoms with van der Waals surface area (Å²) in [6, 6.07) is 18.4. The third-order valence-electron chi connectivity index (χ3n) is 3.80. The summed E-state index contributed by atoms with van der Waals surface area (Å²) in [6.07, 6.45) is 0.371. The second-order valence-electron chi connectivity index (χ2n) is 5.51. The Morgan fingerprint density at radius 3 is 2.33 bits per heavy atom. The summed E-state index contributed by atoms with van der Waals surface area (Å²) in [7, 11) is 0. The Morgan fingerprint density at radius 1 is 1.00 bits per heavy atom. The van der Waals surface area contributed by atoms with Crippen LogP contribution in [0.3, 0.4) is 0 Å². The van der Waals surface area contributed by atoms with Gasteiger partial charge in [0.2, 0.25) is 0 Å². The number of carbonyl (C=O) groups excluding carboxylic acids is 1. The molecular formula is C20H16O4. The fraction of sp³-hybridized carbons (Fsp3) is 0.100. The van der Waals surface area contributed by atoms with Gasteiger partial charge in [0.05, 0.1) is 5.56 Å². The van der Waals surface area contributed by atoms with Gasteiger partial charge in [0, 0.05) is 24.3 Å². The Kier molecular flexibility index (Phi) is 4.29. The molecule has 0 aliphatic rings. The molecule has 3 aromatic rings. The molecule has 0 bridgehead atoms. The Labute approximate surface area is 139 Å². The zero-order valence-corrected chi connectivity index (χ0v) is 13.2. The molecule has 3 aromatic carbocycles. The van der Waals surface area contributed by atoms with Crippen LogP contribution in [0.5, 0.6) is 5.75 Å². The fourth-order valence-corrected chi connectivity index (χ4v) is 2.78. The van der Waals surface area contributed by atoms with E-state index in [1.54, 1.807) is 12.1 Å². The Morgan fingerprint density at radius 2 is 1.67 bits per heavy atom. The quantitative estimate of drug-likeness (QED) is 0.582. The average Bonchev–Trinajstić information content (AvgIpc) is 2.57. The molecule has 0 aliphatic heterocycles. The number of hydrogen-bond donors (Lipinski definition) is 1. The summed E-state index contributed by atoms with van der Waals surface area (Å²) in [5.74, 6) is -1.20. The molecule has 120 valence electrons. The number of fused-ring (bicyclic) bond motifs is 1. The second-order valence-corrected chi connectivity index (χ2v) is 5.51. The number of rotatable bonds is 4. The Balaban J connectivity index is 2.28. The van der Waals surface area contributed by atoms with Crippen LogP contribution in [0.4, 0.5) is 0 Å². The third-order valence-corrected chi connectivity index (χ3v) is 3.80. The Hall–Kier alpha value is -3.14. The van der Waals surface area contributed by atoms with E-state index in [4.69, 9.17) is 4.74 Å². The summed E-state index contributed by atoms with van der Waals surface area (Å²) in [4.78, 5) is 23.3. The molecule has 24 heavy (non-hydrogen) atoms. The van der Waals surface area contributed by atoms with Crippen molar-refractivity contribution in [1.82, 2.24) is 0 Å². The number of aromatic carboxylic acids is 1. The lowest BCUT2D eigenvalue weighted by atomic mass is 9.94. The maximum Gasteiger partial charge on any atom is 0.336 e. The maximum atomic E-state index is 11.8. The minimum Gasteiger partial charge on any atom is -0.478 e. The van der Waals surface area contributed by atoms with Gasteiger partial charge in [-0.2, -0.15) is 0 Å². The summed E-state index contributed by atoms with van der Waals surface area (Å²) >= 11 is 0. The van der Waals surface area contributed by atoms with E-state index in [-0.39, 0.29) is 5.56 Å². The normalized spacial score (nSPS) is 10.5. The molecule has 4 heteroatoms. The van der Waals surface area contributed by atoms with Crippen LogP contribution in [0.25, 0.3) is 10.8 Å². The van der Waals surface area contributed by atoms with E-state index < -0.39 is 11.9 Å². The summed E-state index contributed by atoms with van der Waals surface area (Å²) in [5.41, 5.74) is 1.60. The zero-order chi connectivity index (χ0) is 17.1. The van der Waals surface area contributed by atoms with Gasteiger partial charge < -0.3 is 9.84 Å². The molecule has 0 atom stereocenters. The summed E-state index contributed by atoms with van der Waals surface area (Å²) < 4.78 is 5.42. The number of carboxylic acid groups (broad SMARTS) is 1. The van der Waals surface area contributed by atoms with Crippen molar-refractivity contribution in [2.75, 3.05) is 0 Å². The smallest absolute Gasteiger partial charge is 0.336 e. The number of carboxylic acids is 1. The molecule has 4 nitrogen and oxygen atoms in total. The van der Waals surface area contributed by atoms with Gasteiger partial charge in [-0.1, -0.05) is 54.6 Å². The maximum absolute atomic E-state index is 11.8. The highest BCUT2D eigenvalue weighted by Gasteiger charge is 2.20. The van der Waals surface area contributed by atoms with E-state index in [1.807, 2.05) is 48.5 Å². The number of benzene rings is 3. The van der Waals surface area contributed by atoms with Gasteiger partial charge in [0.25, 0.3) is 0 Å². The first kappa shape index (κ1) is 15.7. The lowest BCUT2D eigenvalue weighted by molar-refractivity contribution is -0.131. The average molecular weight is 320 g/mol. The minimum atomic E-state index is -1.04. The molecule has 0 heterocycles. The lowest BCUT2D eigenvalue weighted by Crippen LogP contribution is -2.10. The summed E-state index contributed by atoms with van der Waals surface area (Å²) in [6.45, 7) is 1.31. The van der Waals surface area contributed by atoms with E-state index in [9.17, 15) is 14.7 Å². The highest BCUT2D eigenvalue weighted by molar-refractivity contribution is 6.00. The largest absolute Gasteiger partial charge is 0.478 e. The monoisotopic (exact) mass is 320 g/mol. The van der Waals surface area contributed by atoms with E-state index in [2.05, 4.69) is 0 Å². The second kappa shape index (κ2) is 6.54. The molecule has 0 aromatic heterocycles. The van der Waals surface area contributed by atoms with Gasteiger partial charge in [-0.05, 0) is 17.0 Å². The third kappa shape index (κ3) is 3.13. The van der Waals surface area contributed by atoms with Crippen LogP contribution in [-0.4, -0.2) is 17.0 Å². The van der Waals surface area contributed by atoms with Gasteiger partial charge in [-0.3, -0.25) is 4.79 Å². The van der Waals surface area contributed by atoms with Crippen molar-refractivity contribution in [3.05, 3.63) is 77.4 Å². The van der Waals surface area contributed by atoms with Crippen molar-refractivity contribution in [3.63, 3.8) is 0 Å². The number of hydrogen-bond acceptors (Lipinski definition) is 3. The van der Waals surface area contributed by atoms with Gasteiger partial charge in [-0.15, -0.1) is 0 Å². The first-order chi connectivity index (χ1) is 11.6. The minimum absolute atomic E-state index is 0.147. The first-order valence-corrected chi connectivity index (χ1v) is 7.56. The van der Waals surface area contributed by atoms with Crippen molar-refractivity contribution in [2.24, 2.45) is 0 Å². The molecule has 0 fully saturated rings. The van der Waals surface area contributed by atoms with Crippen molar-refractivity contribution in [1.29, 1.82) is 0 Å². The Bertz CT molecular complexity index is 914. The highest BCUT2D eigenvalue weighted by atomic mass is 16.5. The van der Waals surface area contributed by atoms with E-state index >= 15 is 0 Å². The van der Waals surface area contributed by atoms with Crippen molar-refractivity contribution < 1.29 is 19.4 Å². The zero-order valence-electron chi connectivity index (χ0n) is 13.2. The van der Waals surface area contributed by atoms with Crippen LogP contribution in [-0.2, 0) is 11.2 Å². The molecule has 0 saturated heterocycles. The van der Waals surface area contributed by atoms with Crippen LogP contribution in [0.2, 0.25) is 0 Å². The van der Waals surface area contributed by atoms with Crippen LogP contribution < -0.4 is 4.74 Å². The number of carbonyl (C=O) groups is 2. The molecule has 0 radical (unpaired) electrons. The van der Waals surface area contributed by atoms with E-state index in [0.29, 0.717) is 17.7 Å². The van der Waals surface area contributed by atoms with Crippen LogP contribution in [0, 0.1) is 0 Å². The fourth-order valence-electron chi connectivity index (χ4n) is 2.78. The molecule has 0 spiro atoms. The van der Waals surface area contributed by atoms with Gasteiger partial charge in [-0.25, -0.2) is 4.79 Å². The standard InChI is InChI=1S/C20H16O4/c1-13(21)24-19-16-10-6-5-9-15(16)12-18(20(22)23)17(19)11-14-7-3-2-4-8-14/h2-10,12H,11H2,1H3,(H,22,23). The van der Waals surface area contributed by atoms with Gasteiger partial charge in [0.15, 0.2) is 0 Å². The van der Waals surface area contributed by atoms with Crippen LogP contribution >= 0.6 is 0 Å². The molecule has 0 aliphatic carbocycles. The van der Waals surface area contributed by atoms with Crippen molar-refractivity contribution >= 4 is 22.7 Å². The van der Waals surface area contributed by atoms with E-state index in [0.717, 1.165) is 16.3 Å². The molecule has 0 saturated carbocycles. The summed E-state index contributed by atoms with van der Waals surface area (Å²) in [5, 5.41) is 11.1. The highest BCUT2D eigenvalue weighted by Crippen LogP contribution is 2.34. The van der Waals surface area contributed by atoms with Gasteiger partial charge >= 0.3 is 11.9 Å². The first-order valence-electron chi connectivity index (χ1n) is 7.56. The number of esters is 1. The predicted octanol–water partition coefficient (Wildman–Crippen LogP) is 4.05. The van der Waals surface area contributed by atoms with Crippen LogP contribution in [0.1, 0.15) is 28.4 Å². The topological polar surface area (TPSA) is 63.6 Å². The lowest BCUT2D eigenvalue weighted by Gasteiger charge is -2.15. The molecule has 1 N–H and O–H groups in total. The van der Waals surface area contributed by atoms with Crippen molar-refractivity contribution in [2.45, 2.75) is 13.3 Å². The van der Waals surface area contributed by atoms with Crippen molar-refractivity contribution in [3.8, 4) is 5.75 Å². The van der Waals surface area contributed by atoms with Crippen LogP contribution in [0.15, 0.2) is 60.7 Å².